The molecule has 1 aliphatic heterocycles. The van der Waals surface area contributed by atoms with Crippen LogP contribution in [0.15, 0.2) is 0 Å². The second kappa shape index (κ2) is 2.40. The first-order chi connectivity index (χ1) is 5.27. The summed E-state index contributed by atoms with van der Waals surface area (Å²) < 4.78 is 0. The molecular weight excluding hydrogens is 140 g/mol. The average Bonchev–Trinajstić information content (AvgIpc) is 2.74. The van der Waals surface area contributed by atoms with Crippen molar-refractivity contribution in [2.75, 3.05) is 13.6 Å². The predicted octanol–water partition coefficient (Wildman–Crippen LogP) is 0.810. The number of hydrogen-bond acceptors (Lipinski definition) is 1. The van der Waals surface area contributed by atoms with Crippen molar-refractivity contribution >= 4 is 6.03 Å². The van der Waals surface area contributed by atoms with Gasteiger partial charge in [0.15, 0.2) is 0 Å². The fourth-order valence-electron chi connectivity index (χ4n) is 1.61. The van der Waals surface area contributed by atoms with Crippen LogP contribution in [0, 0.1) is 5.92 Å². The number of carbonyl (C=O) groups is 1. The Kier molecular flexibility index (Phi) is 1.51. The molecule has 3 nitrogen and oxygen atoms in total. The van der Waals surface area contributed by atoms with Crippen molar-refractivity contribution in [1.82, 2.24) is 10.2 Å². The van der Waals surface area contributed by atoms with E-state index < -0.39 is 0 Å². The number of hydrogen-bond donors (Lipinski definition) is 1. The first-order valence-corrected chi connectivity index (χ1v) is 4.28. The molecule has 3 heteroatoms. The first kappa shape index (κ1) is 6.95. The Morgan fingerprint density at radius 1 is 1.64 bits per heavy atom. The van der Waals surface area contributed by atoms with Gasteiger partial charge in [-0.3, -0.25) is 0 Å². The Bertz CT molecular complexity index is 177. The zero-order valence-electron chi connectivity index (χ0n) is 6.84. The molecule has 0 unspecified atom stereocenters. The van der Waals surface area contributed by atoms with E-state index in [1.165, 1.54) is 19.3 Å². The van der Waals surface area contributed by atoms with E-state index >= 15 is 0 Å². The summed E-state index contributed by atoms with van der Waals surface area (Å²) in [7, 11) is 1.88. The Labute approximate surface area is 66.8 Å². The van der Waals surface area contributed by atoms with E-state index in [-0.39, 0.29) is 6.03 Å². The molecule has 1 heterocycles. The Balaban J connectivity index is 1.88. The number of urea groups is 1. The maximum Gasteiger partial charge on any atom is 0.317 e. The van der Waals surface area contributed by atoms with Gasteiger partial charge < -0.3 is 10.2 Å². The lowest BCUT2D eigenvalue weighted by molar-refractivity contribution is 0.213. The van der Waals surface area contributed by atoms with E-state index in [0.29, 0.717) is 6.04 Å². The summed E-state index contributed by atoms with van der Waals surface area (Å²) in [5, 5.41) is 2.84. The lowest BCUT2D eigenvalue weighted by Gasteiger charge is -2.16. The van der Waals surface area contributed by atoms with Crippen molar-refractivity contribution in [3.63, 3.8) is 0 Å². The van der Waals surface area contributed by atoms with E-state index in [2.05, 4.69) is 5.32 Å². The van der Waals surface area contributed by atoms with Crippen LogP contribution in [0.3, 0.4) is 0 Å². The van der Waals surface area contributed by atoms with Crippen molar-refractivity contribution in [3.8, 4) is 0 Å². The topological polar surface area (TPSA) is 32.3 Å². The average molecular weight is 154 g/mol. The van der Waals surface area contributed by atoms with Crippen molar-refractivity contribution in [2.24, 2.45) is 5.92 Å². The van der Waals surface area contributed by atoms with Gasteiger partial charge in [0.05, 0.1) is 6.04 Å². The Morgan fingerprint density at radius 2 is 2.36 bits per heavy atom. The third-order valence-corrected chi connectivity index (χ3v) is 2.66. The van der Waals surface area contributed by atoms with Crippen LogP contribution >= 0.6 is 0 Å². The molecule has 62 valence electrons. The second-order valence-electron chi connectivity index (χ2n) is 3.63. The number of nitrogens with zero attached hydrogens (tertiary/aromatic N) is 1. The number of amides is 2. The molecular formula is C8H14N2O. The summed E-state index contributed by atoms with van der Waals surface area (Å²) in [6.07, 6.45) is 3.95. The zero-order chi connectivity index (χ0) is 7.84. The van der Waals surface area contributed by atoms with Crippen LogP contribution in [0.4, 0.5) is 4.79 Å². The summed E-state index contributed by atoms with van der Waals surface area (Å²) in [5.41, 5.74) is 0. The van der Waals surface area contributed by atoms with Gasteiger partial charge in [0.2, 0.25) is 0 Å². The van der Waals surface area contributed by atoms with E-state index in [4.69, 9.17) is 0 Å². The van der Waals surface area contributed by atoms with Gasteiger partial charge in [-0.05, 0) is 12.3 Å². The molecule has 2 rings (SSSR count). The molecule has 0 bridgehead atoms. The molecule has 1 saturated heterocycles. The van der Waals surface area contributed by atoms with E-state index in [0.717, 1.165) is 12.5 Å². The summed E-state index contributed by atoms with van der Waals surface area (Å²) in [4.78, 5) is 12.8. The summed E-state index contributed by atoms with van der Waals surface area (Å²) in [5.74, 6) is 0.912. The van der Waals surface area contributed by atoms with Gasteiger partial charge in [-0.15, -0.1) is 0 Å². The van der Waals surface area contributed by atoms with Crippen LogP contribution in [0.1, 0.15) is 19.3 Å². The van der Waals surface area contributed by atoms with Gasteiger partial charge in [0.1, 0.15) is 0 Å². The fraction of sp³-hybridized carbons (Fsp3) is 0.875. The van der Waals surface area contributed by atoms with Crippen LogP contribution in [0.2, 0.25) is 0 Å². The number of carbonyl (C=O) groups excluding carboxylic acids is 1. The monoisotopic (exact) mass is 154 g/mol. The normalized spacial score (nSPS) is 30.8. The number of likely N-dealkylation sites (N-methyl/N-ethyl adjacent to an activating group) is 1. The Morgan fingerprint density at radius 3 is 2.82 bits per heavy atom. The van der Waals surface area contributed by atoms with Gasteiger partial charge in [-0.1, -0.05) is 12.8 Å². The van der Waals surface area contributed by atoms with Crippen molar-refractivity contribution in [3.05, 3.63) is 0 Å². The second-order valence-corrected chi connectivity index (χ2v) is 3.63. The van der Waals surface area contributed by atoms with Gasteiger partial charge in [-0.2, -0.15) is 0 Å². The van der Waals surface area contributed by atoms with Crippen LogP contribution in [0.5, 0.6) is 0 Å². The molecule has 2 aliphatic rings. The minimum Gasteiger partial charge on any atom is -0.336 e. The summed E-state index contributed by atoms with van der Waals surface area (Å²) >= 11 is 0. The third-order valence-electron chi connectivity index (χ3n) is 2.66. The Hall–Kier alpha value is -0.730. The number of nitrogens with one attached hydrogen (secondary N) is 1. The summed E-state index contributed by atoms with van der Waals surface area (Å²) in [6.45, 7) is 0.853. The molecule has 0 aromatic carbocycles. The molecule has 0 aromatic heterocycles. The highest BCUT2D eigenvalue weighted by Crippen LogP contribution is 2.34. The minimum absolute atomic E-state index is 0.0932. The summed E-state index contributed by atoms with van der Waals surface area (Å²) in [6, 6.07) is 0.561. The van der Waals surface area contributed by atoms with Gasteiger partial charge in [0, 0.05) is 13.6 Å². The van der Waals surface area contributed by atoms with Gasteiger partial charge in [0.25, 0.3) is 0 Å². The van der Waals surface area contributed by atoms with Crippen LogP contribution in [-0.2, 0) is 0 Å². The highest BCUT2D eigenvalue weighted by Gasteiger charge is 2.32. The fourth-order valence-corrected chi connectivity index (χ4v) is 1.61. The molecule has 1 N–H and O–H groups in total. The molecule has 2 fully saturated rings. The SMILES string of the molecule is CN1C(=O)NC[C@@H]1CC1CC1. The quantitative estimate of drug-likeness (QED) is 0.627. The van der Waals surface area contributed by atoms with Crippen LogP contribution in [0.25, 0.3) is 0 Å². The number of rotatable bonds is 2. The van der Waals surface area contributed by atoms with E-state index in [9.17, 15) is 4.79 Å². The largest absolute Gasteiger partial charge is 0.336 e. The van der Waals surface area contributed by atoms with Crippen molar-refractivity contribution < 1.29 is 4.79 Å². The van der Waals surface area contributed by atoms with Crippen molar-refractivity contribution in [2.45, 2.75) is 25.3 Å². The molecule has 1 saturated carbocycles. The van der Waals surface area contributed by atoms with E-state index in [1.807, 2.05) is 11.9 Å². The highest BCUT2D eigenvalue weighted by molar-refractivity contribution is 5.76. The predicted molar refractivity (Wildman–Crippen MR) is 42.3 cm³/mol. The zero-order valence-corrected chi connectivity index (χ0v) is 6.84. The van der Waals surface area contributed by atoms with E-state index in [1.54, 1.807) is 0 Å². The standard InChI is InChI=1S/C8H14N2O/c1-10-7(4-6-2-3-6)5-9-8(10)11/h6-7H,2-5H2,1H3,(H,9,11)/t7-/m0/s1. The van der Waals surface area contributed by atoms with Gasteiger partial charge in [-0.25, -0.2) is 4.79 Å². The molecule has 1 atom stereocenters. The maximum absolute atomic E-state index is 11.0. The molecule has 11 heavy (non-hydrogen) atoms. The molecule has 0 aromatic rings. The molecule has 0 radical (unpaired) electrons. The van der Waals surface area contributed by atoms with Crippen LogP contribution in [-0.4, -0.2) is 30.6 Å². The van der Waals surface area contributed by atoms with Crippen LogP contribution < -0.4 is 5.32 Å². The highest BCUT2D eigenvalue weighted by atomic mass is 16.2. The minimum atomic E-state index is 0.0932. The molecule has 1 aliphatic carbocycles. The van der Waals surface area contributed by atoms with Crippen molar-refractivity contribution in [1.29, 1.82) is 0 Å². The molecule has 2 amide bonds. The molecule has 0 spiro atoms. The van der Waals surface area contributed by atoms with Gasteiger partial charge >= 0.3 is 6.03 Å². The first-order valence-electron chi connectivity index (χ1n) is 4.28. The third kappa shape index (κ3) is 1.32. The smallest absolute Gasteiger partial charge is 0.317 e. The maximum atomic E-state index is 11.0. The lowest BCUT2D eigenvalue weighted by atomic mass is 10.1. The lowest BCUT2D eigenvalue weighted by Crippen LogP contribution is -2.30.